The number of carbonyl (C=O) groups is 2. The lowest BCUT2D eigenvalue weighted by Crippen LogP contribution is -2.32. The third kappa shape index (κ3) is 4.77. The van der Waals surface area contributed by atoms with Crippen molar-refractivity contribution in [3.63, 3.8) is 0 Å². The fraction of sp³-hybridized carbons (Fsp3) is 0.667. The van der Waals surface area contributed by atoms with E-state index >= 15 is 0 Å². The number of likely N-dealkylation sites (tertiary alicyclic amines) is 1. The molecule has 2 amide bonds. The van der Waals surface area contributed by atoms with Gasteiger partial charge in [0.15, 0.2) is 0 Å². The van der Waals surface area contributed by atoms with E-state index in [-0.39, 0.29) is 30.5 Å². The number of ether oxygens (including phenoxy) is 1. The molecule has 0 aliphatic carbocycles. The second kappa shape index (κ2) is 7.56. The summed E-state index contributed by atoms with van der Waals surface area (Å²) in [7, 11) is 5.47. The van der Waals surface area contributed by atoms with Crippen LogP contribution < -0.4 is 5.32 Å². The van der Waals surface area contributed by atoms with Crippen molar-refractivity contribution in [3.05, 3.63) is 12.4 Å². The molecule has 1 fully saturated rings. The van der Waals surface area contributed by atoms with E-state index in [0.717, 1.165) is 13.0 Å². The first-order valence-electron chi connectivity index (χ1n) is 7.66. The Kier molecular flexibility index (Phi) is 5.73. The van der Waals surface area contributed by atoms with Crippen LogP contribution in [-0.4, -0.2) is 78.3 Å². The monoisotopic (exact) mass is 323 g/mol. The van der Waals surface area contributed by atoms with E-state index in [0.29, 0.717) is 12.3 Å². The Morgan fingerprint density at radius 3 is 2.87 bits per heavy atom. The van der Waals surface area contributed by atoms with Crippen LogP contribution in [0.4, 0.5) is 5.69 Å². The minimum Gasteiger partial charge on any atom is -0.370 e. The fourth-order valence-electron chi connectivity index (χ4n) is 2.65. The third-order valence-electron chi connectivity index (χ3n) is 4.00. The molecule has 2 heterocycles. The number of nitrogens with one attached hydrogen (secondary N) is 1. The molecule has 2 atom stereocenters. The Morgan fingerprint density at radius 1 is 1.48 bits per heavy atom. The first-order chi connectivity index (χ1) is 10.9. The van der Waals surface area contributed by atoms with Crippen LogP contribution in [0.2, 0.25) is 0 Å². The van der Waals surface area contributed by atoms with Crippen LogP contribution in [0.25, 0.3) is 0 Å². The van der Waals surface area contributed by atoms with Crippen molar-refractivity contribution in [1.82, 2.24) is 19.6 Å². The largest absolute Gasteiger partial charge is 0.370 e. The summed E-state index contributed by atoms with van der Waals surface area (Å²) >= 11 is 0. The van der Waals surface area contributed by atoms with Gasteiger partial charge in [-0.25, -0.2) is 0 Å². The van der Waals surface area contributed by atoms with Crippen LogP contribution in [0, 0.1) is 0 Å². The molecule has 1 N–H and O–H groups in total. The second-order valence-corrected chi connectivity index (χ2v) is 6.18. The van der Waals surface area contributed by atoms with E-state index in [1.54, 1.807) is 20.3 Å². The molecule has 8 nitrogen and oxygen atoms in total. The van der Waals surface area contributed by atoms with E-state index in [1.807, 2.05) is 17.9 Å². The average Bonchev–Trinajstić information content (AvgIpc) is 3.05. The van der Waals surface area contributed by atoms with Gasteiger partial charge in [0.1, 0.15) is 6.61 Å². The SMILES string of the molecule is CC(=O)Nc1cnn([C@H]2C[C@@H](COCC(=O)N(C)C)N(C)C2)c1. The maximum absolute atomic E-state index is 11.5. The third-order valence-corrected chi connectivity index (χ3v) is 4.00. The molecule has 0 saturated carbocycles. The number of nitrogens with zero attached hydrogens (tertiary/aromatic N) is 4. The maximum Gasteiger partial charge on any atom is 0.248 e. The van der Waals surface area contributed by atoms with Gasteiger partial charge in [-0.3, -0.25) is 19.2 Å². The van der Waals surface area contributed by atoms with Crippen LogP contribution in [0.5, 0.6) is 0 Å². The minimum atomic E-state index is -0.107. The Labute approximate surface area is 136 Å². The first kappa shape index (κ1) is 17.4. The number of likely N-dealkylation sites (N-methyl/N-ethyl adjacent to an activating group) is 2. The zero-order valence-electron chi connectivity index (χ0n) is 14.2. The van der Waals surface area contributed by atoms with Gasteiger partial charge in [-0.1, -0.05) is 0 Å². The van der Waals surface area contributed by atoms with E-state index in [4.69, 9.17) is 4.74 Å². The smallest absolute Gasteiger partial charge is 0.248 e. The number of aromatic nitrogens is 2. The number of amides is 2. The van der Waals surface area contributed by atoms with Crippen molar-refractivity contribution >= 4 is 17.5 Å². The summed E-state index contributed by atoms with van der Waals surface area (Å²) in [5.74, 6) is -0.140. The Hall–Kier alpha value is -1.93. The van der Waals surface area contributed by atoms with Crippen LogP contribution in [0.3, 0.4) is 0 Å². The summed E-state index contributed by atoms with van der Waals surface area (Å²) in [5, 5.41) is 7.05. The molecule has 23 heavy (non-hydrogen) atoms. The lowest BCUT2D eigenvalue weighted by Gasteiger charge is -2.19. The lowest BCUT2D eigenvalue weighted by molar-refractivity contribution is -0.134. The van der Waals surface area contributed by atoms with Gasteiger partial charge >= 0.3 is 0 Å². The zero-order chi connectivity index (χ0) is 17.0. The first-order valence-corrected chi connectivity index (χ1v) is 7.66. The average molecular weight is 323 g/mol. The molecule has 128 valence electrons. The molecule has 1 saturated heterocycles. The second-order valence-electron chi connectivity index (χ2n) is 6.18. The van der Waals surface area contributed by atoms with E-state index in [1.165, 1.54) is 11.8 Å². The molecule has 1 aliphatic rings. The normalized spacial score (nSPS) is 21.4. The summed E-state index contributed by atoms with van der Waals surface area (Å²) in [4.78, 5) is 26.3. The topological polar surface area (TPSA) is 79.7 Å². The zero-order valence-corrected chi connectivity index (χ0v) is 14.2. The summed E-state index contributed by atoms with van der Waals surface area (Å²) in [5.41, 5.74) is 0.705. The number of rotatable bonds is 6. The van der Waals surface area contributed by atoms with Crippen molar-refractivity contribution in [2.45, 2.75) is 25.4 Å². The van der Waals surface area contributed by atoms with Gasteiger partial charge in [-0.05, 0) is 13.5 Å². The van der Waals surface area contributed by atoms with Crippen LogP contribution in [-0.2, 0) is 14.3 Å². The number of hydrogen-bond acceptors (Lipinski definition) is 5. The van der Waals surface area contributed by atoms with Gasteiger partial charge in [0.25, 0.3) is 0 Å². The number of anilines is 1. The van der Waals surface area contributed by atoms with E-state index in [2.05, 4.69) is 15.3 Å². The quantitative estimate of drug-likeness (QED) is 0.808. The van der Waals surface area contributed by atoms with Crippen molar-refractivity contribution in [2.75, 3.05) is 46.2 Å². The van der Waals surface area contributed by atoms with E-state index < -0.39 is 0 Å². The predicted molar refractivity (Wildman–Crippen MR) is 86.1 cm³/mol. The summed E-state index contributed by atoms with van der Waals surface area (Å²) in [6.07, 6.45) is 4.40. The molecular weight excluding hydrogens is 298 g/mol. The molecule has 0 spiro atoms. The number of hydrogen-bond donors (Lipinski definition) is 1. The highest BCUT2D eigenvalue weighted by Gasteiger charge is 2.31. The fourth-order valence-corrected chi connectivity index (χ4v) is 2.65. The highest BCUT2D eigenvalue weighted by atomic mass is 16.5. The van der Waals surface area contributed by atoms with Crippen molar-refractivity contribution < 1.29 is 14.3 Å². The molecule has 1 aromatic heterocycles. The number of carbonyl (C=O) groups excluding carboxylic acids is 2. The standard InChI is InChI=1S/C15H25N5O3/c1-11(21)17-12-6-16-20(7-12)13-5-14(19(4)8-13)9-23-10-15(22)18(2)3/h6-7,13-14H,5,8-10H2,1-4H3,(H,17,21)/t13-,14-/m0/s1. The van der Waals surface area contributed by atoms with Gasteiger partial charge in [-0.2, -0.15) is 5.10 Å². The molecular formula is C15H25N5O3. The molecule has 1 aliphatic heterocycles. The summed E-state index contributed by atoms with van der Waals surface area (Å²) < 4.78 is 7.42. The van der Waals surface area contributed by atoms with Crippen molar-refractivity contribution in [1.29, 1.82) is 0 Å². The van der Waals surface area contributed by atoms with Gasteiger partial charge in [0.05, 0.1) is 24.5 Å². The molecule has 1 aromatic rings. The van der Waals surface area contributed by atoms with Crippen molar-refractivity contribution in [2.24, 2.45) is 0 Å². The highest BCUT2D eigenvalue weighted by Crippen LogP contribution is 2.26. The predicted octanol–water partition coefficient (Wildman–Crippen LogP) is 0.192. The van der Waals surface area contributed by atoms with Crippen LogP contribution in [0.15, 0.2) is 12.4 Å². The maximum atomic E-state index is 11.5. The van der Waals surface area contributed by atoms with E-state index in [9.17, 15) is 9.59 Å². The Bertz CT molecular complexity index is 557. The van der Waals surface area contributed by atoms with Crippen LogP contribution >= 0.6 is 0 Å². The van der Waals surface area contributed by atoms with Gasteiger partial charge in [-0.15, -0.1) is 0 Å². The Morgan fingerprint density at radius 2 is 2.22 bits per heavy atom. The Balaban J connectivity index is 1.84. The molecule has 8 heteroatoms. The van der Waals surface area contributed by atoms with Gasteiger partial charge < -0.3 is 15.0 Å². The van der Waals surface area contributed by atoms with Crippen LogP contribution in [0.1, 0.15) is 19.4 Å². The molecule has 0 aromatic carbocycles. The molecule has 2 rings (SSSR count). The molecule has 0 bridgehead atoms. The highest BCUT2D eigenvalue weighted by molar-refractivity contribution is 5.88. The minimum absolute atomic E-state index is 0.0331. The summed E-state index contributed by atoms with van der Waals surface area (Å²) in [6.45, 7) is 2.96. The summed E-state index contributed by atoms with van der Waals surface area (Å²) in [6, 6.07) is 0.490. The molecule has 0 unspecified atom stereocenters. The van der Waals surface area contributed by atoms with Crippen molar-refractivity contribution in [3.8, 4) is 0 Å². The van der Waals surface area contributed by atoms with Gasteiger partial charge in [0, 0.05) is 39.8 Å². The molecule has 0 radical (unpaired) electrons. The van der Waals surface area contributed by atoms with Gasteiger partial charge in [0.2, 0.25) is 11.8 Å². The lowest BCUT2D eigenvalue weighted by atomic mass is 10.2.